The number of aromatic nitrogens is 2. The van der Waals surface area contributed by atoms with E-state index in [0.717, 1.165) is 37.7 Å². The van der Waals surface area contributed by atoms with Crippen molar-refractivity contribution in [2.75, 3.05) is 5.32 Å². The number of alkyl halides is 3. The second-order valence-electron chi connectivity index (χ2n) is 6.74. The van der Waals surface area contributed by atoms with Gasteiger partial charge in [-0.05, 0) is 31.0 Å². The summed E-state index contributed by atoms with van der Waals surface area (Å²) >= 11 is 0. The summed E-state index contributed by atoms with van der Waals surface area (Å²) in [5.41, 5.74) is 0.454. The zero-order valence-electron chi connectivity index (χ0n) is 15.0. The number of halogens is 3. The predicted molar refractivity (Wildman–Crippen MR) is 100.0 cm³/mol. The first kappa shape index (κ1) is 18.3. The van der Waals surface area contributed by atoms with E-state index in [2.05, 4.69) is 14.9 Å². The Morgan fingerprint density at radius 2 is 1.79 bits per heavy atom. The Bertz CT molecular complexity index is 1000. The summed E-state index contributed by atoms with van der Waals surface area (Å²) in [6, 6.07) is 11.8. The molecular weight excluding hydrogens is 367 g/mol. The van der Waals surface area contributed by atoms with E-state index in [9.17, 15) is 18.0 Å². The lowest BCUT2D eigenvalue weighted by atomic mass is 10.1. The molecule has 0 unspecified atom stereocenters. The molecule has 1 aromatic heterocycles. The largest absolute Gasteiger partial charge is 0.417 e. The monoisotopic (exact) mass is 385 g/mol. The quantitative estimate of drug-likeness (QED) is 0.677. The summed E-state index contributed by atoms with van der Waals surface area (Å²) in [4.78, 5) is 17.3. The van der Waals surface area contributed by atoms with Crippen LogP contribution >= 0.6 is 0 Å². The number of nitrogens with one attached hydrogen (secondary N) is 1. The number of para-hydroxylation sites is 1. The molecule has 2 aromatic carbocycles. The van der Waals surface area contributed by atoms with E-state index in [-0.39, 0.29) is 0 Å². The summed E-state index contributed by atoms with van der Waals surface area (Å²) < 4.78 is 41.8. The third-order valence-corrected chi connectivity index (χ3v) is 4.84. The first-order valence-electron chi connectivity index (χ1n) is 9.06. The van der Waals surface area contributed by atoms with Crippen LogP contribution in [0.25, 0.3) is 11.3 Å². The number of nitrogens with zero attached hydrogens (tertiary/aromatic N) is 2. The minimum atomic E-state index is -4.60. The molecule has 4 nitrogen and oxygen atoms in total. The number of rotatable bonds is 3. The van der Waals surface area contributed by atoms with Crippen molar-refractivity contribution in [3.63, 3.8) is 0 Å². The van der Waals surface area contributed by atoms with E-state index in [1.165, 1.54) is 18.2 Å². The van der Waals surface area contributed by atoms with Gasteiger partial charge >= 0.3 is 6.18 Å². The molecule has 0 bridgehead atoms. The molecule has 4 rings (SSSR count). The second-order valence-corrected chi connectivity index (χ2v) is 6.74. The molecule has 1 amide bonds. The van der Waals surface area contributed by atoms with Crippen LogP contribution in [0, 0.1) is 0 Å². The molecule has 1 N–H and O–H groups in total. The second kappa shape index (κ2) is 7.14. The minimum Gasteiger partial charge on any atom is -0.334 e. The van der Waals surface area contributed by atoms with Crippen LogP contribution in [0.15, 0.2) is 54.7 Å². The molecule has 0 fully saturated rings. The van der Waals surface area contributed by atoms with Crippen LogP contribution in [-0.2, 0) is 19.1 Å². The molecule has 28 heavy (non-hydrogen) atoms. The Morgan fingerprint density at radius 1 is 1.04 bits per heavy atom. The van der Waals surface area contributed by atoms with Gasteiger partial charge < -0.3 is 9.88 Å². The van der Waals surface area contributed by atoms with Crippen LogP contribution in [0.5, 0.6) is 0 Å². The lowest BCUT2D eigenvalue weighted by Crippen LogP contribution is -2.19. The molecule has 0 atom stereocenters. The highest BCUT2D eigenvalue weighted by atomic mass is 19.4. The zero-order chi connectivity index (χ0) is 19.7. The van der Waals surface area contributed by atoms with Crippen molar-refractivity contribution in [3.8, 4) is 11.3 Å². The van der Waals surface area contributed by atoms with Crippen molar-refractivity contribution in [1.29, 1.82) is 0 Å². The van der Waals surface area contributed by atoms with E-state index in [1.54, 1.807) is 18.2 Å². The van der Waals surface area contributed by atoms with Crippen LogP contribution in [0.4, 0.5) is 18.9 Å². The lowest BCUT2D eigenvalue weighted by Gasteiger charge is -2.14. The third kappa shape index (κ3) is 3.52. The standard InChI is InChI=1S/C21H18F3N3O/c22-21(23,24)16-9-3-1-7-14(16)20(28)26-17-10-4-2-8-15(17)18-13-27-12-6-5-11-19(27)25-18/h1-4,7-10,13H,5-6,11-12H2,(H,26,28). The number of amides is 1. The minimum absolute atomic E-state index is 0.408. The molecule has 3 aromatic rings. The van der Waals surface area contributed by atoms with Crippen molar-refractivity contribution < 1.29 is 18.0 Å². The summed E-state index contributed by atoms with van der Waals surface area (Å²) in [5, 5.41) is 2.63. The fourth-order valence-corrected chi connectivity index (χ4v) is 3.48. The van der Waals surface area contributed by atoms with Gasteiger partial charge in [-0.25, -0.2) is 4.98 Å². The Balaban J connectivity index is 1.67. The number of carbonyl (C=O) groups is 1. The fourth-order valence-electron chi connectivity index (χ4n) is 3.48. The average molecular weight is 385 g/mol. The number of imidazole rings is 1. The van der Waals surface area contributed by atoms with Crippen molar-refractivity contribution in [1.82, 2.24) is 9.55 Å². The topological polar surface area (TPSA) is 46.9 Å². The van der Waals surface area contributed by atoms with E-state index < -0.39 is 23.2 Å². The maximum atomic E-state index is 13.2. The van der Waals surface area contributed by atoms with Gasteiger partial charge in [-0.3, -0.25) is 4.79 Å². The Kier molecular flexibility index (Phi) is 4.66. The van der Waals surface area contributed by atoms with Gasteiger partial charge in [0, 0.05) is 24.7 Å². The SMILES string of the molecule is O=C(Nc1ccccc1-c1cn2c(n1)CCCC2)c1ccccc1C(F)(F)F. The van der Waals surface area contributed by atoms with Crippen molar-refractivity contribution >= 4 is 11.6 Å². The van der Waals surface area contributed by atoms with Gasteiger partial charge in [0.05, 0.1) is 22.5 Å². The predicted octanol–water partition coefficient (Wildman–Crippen LogP) is 5.16. The van der Waals surface area contributed by atoms with Gasteiger partial charge in [-0.1, -0.05) is 30.3 Å². The van der Waals surface area contributed by atoms with Crippen LogP contribution in [0.1, 0.15) is 34.6 Å². The zero-order valence-corrected chi connectivity index (χ0v) is 15.0. The van der Waals surface area contributed by atoms with Gasteiger partial charge in [-0.15, -0.1) is 0 Å². The first-order chi connectivity index (χ1) is 13.4. The van der Waals surface area contributed by atoms with Crippen molar-refractivity contribution in [2.45, 2.75) is 32.0 Å². The smallest absolute Gasteiger partial charge is 0.334 e. The fraction of sp³-hybridized carbons (Fsp3) is 0.238. The van der Waals surface area contributed by atoms with Crippen molar-refractivity contribution in [3.05, 3.63) is 71.7 Å². The number of hydrogen-bond acceptors (Lipinski definition) is 2. The third-order valence-electron chi connectivity index (χ3n) is 4.84. The number of fused-ring (bicyclic) bond motifs is 1. The Labute approximate surface area is 160 Å². The lowest BCUT2D eigenvalue weighted by molar-refractivity contribution is -0.137. The van der Waals surface area contributed by atoms with E-state index in [4.69, 9.17) is 0 Å². The Hall–Kier alpha value is -3.09. The molecule has 0 aliphatic carbocycles. The summed E-state index contributed by atoms with van der Waals surface area (Å²) in [5.74, 6) is 0.189. The van der Waals surface area contributed by atoms with Gasteiger partial charge in [0.2, 0.25) is 0 Å². The van der Waals surface area contributed by atoms with Crippen LogP contribution in [-0.4, -0.2) is 15.5 Å². The van der Waals surface area contributed by atoms with E-state index >= 15 is 0 Å². The molecule has 144 valence electrons. The highest BCUT2D eigenvalue weighted by molar-refractivity contribution is 6.07. The van der Waals surface area contributed by atoms with Crippen LogP contribution < -0.4 is 5.32 Å². The first-order valence-corrected chi connectivity index (χ1v) is 9.06. The van der Waals surface area contributed by atoms with Crippen LogP contribution in [0.2, 0.25) is 0 Å². The summed E-state index contributed by atoms with van der Waals surface area (Å²) in [6.45, 7) is 0.899. The number of carbonyl (C=O) groups excluding carboxylic acids is 1. The molecule has 0 radical (unpaired) electrons. The van der Waals surface area contributed by atoms with Gasteiger partial charge in [0.1, 0.15) is 5.82 Å². The van der Waals surface area contributed by atoms with E-state index in [1.807, 2.05) is 12.3 Å². The number of benzene rings is 2. The Morgan fingerprint density at radius 3 is 2.57 bits per heavy atom. The van der Waals surface area contributed by atoms with Crippen molar-refractivity contribution in [2.24, 2.45) is 0 Å². The van der Waals surface area contributed by atoms with Crippen LogP contribution in [0.3, 0.4) is 0 Å². The molecule has 1 aliphatic heterocycles. The number of anilines is 1. The number of aryl methyl sites for hydroxylation is 2. The average Bonchev–Trinajstić information content (AvgIpc) is 3.12. The number of hydrogen-bond donors (Lipinski definition) is 1. The normalized spacial score (nSPS) is 13.8. The summed E-state index contributed by atoms with van der Waals surface area (Å²) in [6.07, 6.45) is 0.408. The molecule has 7 heteroatoms. The molecule has 1 aliphatic rings. The highest BCUT2D eigenvalue weighted by Crippen LogP contribution is 2.33. The molecular formula is C21H18F3N3O. The van der Waals surface area contributed by atoms with E-state index in [0.29, 0.717) is 16.9 Å². The highest BCUT2D eigenvalue weighted by Gasteiger charge is 2.35. The molecule has 0 saturated heterocycles. The van der Waals surface area contributed by atoms with Gasteiger partial charge in [0.25, 0.3) is 5.91 Å². The maximum absolute atomic E-state index is 13.2. The maximum Gasteiger partial charge on any atom is 0.417 e. The van der Waals surface area contributed by atoms with Gasteiger partial charge in [-0.2, -0.15) is 13.2 Å². The molecule has 0 saturated carbocycles. The molecule has 0 spiro atoms. The van der Waals surface area contributed by atoms with Gasteiger partial charge in [0.15, 0.2) is 0 Å². The summed E-state index contributed by atoms with van der Waals surface area (Å²) in [7, 11) is 0. The molecule has 2 heterocycles.